The fourth-order valence-electron chi connectivity index (χ4n) is 1.46. The van der Waals surface area contributed by atoms with Gasteiger partial charge in [-0.05, 0) is 25.5 Å². The van der Waals surface area contributed by atoms with Crippen LogP contribution < -0.4 is 5.32 Å². The van der Waals surface area contributed by atoms with Crippen molar-refractivity contribution >= 4 is 16.5 Å². The van der Waals surface area contributed by atoms with E-state index in [4.69, 9.17) is 4.42 Å². The highest BCUT2D eigenvalue weighted by atomic mass is 32.1. The molecule has 2 rings (SSSR count). The van der Waals surface area contributed by atoms with Crippen LogP contribution in [0.2, 0.25) is 0 Å². The summed E-state index contributed by atoms with van der Waals surface area (Å²) in [6, 6.07) is 3.93. The zero-order chi connectivity index (χ0) is 10.7. The molecule has 0 unspecified atom stereocenters. The Kier molecular flexibility index (Phi) is 3.06. The molecular formula is C11H14N2OS. The van der Waals surface area contributed by atoms with Crippen molar-refractivity contribution in [3.63, 3.8) is 0 Å². The molecule has 80 valence electrons. The van der Waals surface area contributed by atoms with Crippen LogP contribution in [-0.4, -0.2) is 12.0 Å². The van der Waals surface area contributed by atoms with E-state index in [1.165, 1.54) is 4.88 Å². The Balaban J connectivity index is 2.01. The molecule has 15 heavy (non-hydrogen) atoms. The number of hydrogen-bond acceptors (Lipinski definition) is 4. The van der Waals surface area contributed by atoms with Crippen LogP contribution in [0.3, 0.4) is 0 Å². The van der Waals surface area contributed by atoms with Gasteiger partial charge in [0.2, 0.25) is 0 Å². The highest BCUT2D eigenvalue weighted by Gasteiger charge is 2.07. The average molecular weight is 222 g/mol. The molecule has 0 atom stereocenters. The maximum Gasteiger partial charge on any atom is 0.182 e. The van der Waals surface area contributed by atoms with Crippen molar-refractivity contribution in [1.29, 1.82) is 0 Å². The molecule has 0 aliphatic carbocycles. The van der Waals surface area contributed by atoms with E-state index in [0.29, 0.717) is 0 Å². The molecule has 0 radical (unpaired) electrons. The highest BCUT2D eigenvalue weighted by molar-refractivity contribution is 7.15. The second kappa shape index (κ2) is 4.49. The minimum atomic E-state index is 0.944. The third-order valence-corrected chi connectivity index (χ3v) is 3.52. The highest BCUT2D eigenvalue weighted by Crippen LogP contribution is 2.23. The Labute approximate surface area is 93.2 Å². The summed E-state index contributed by atoms with van der Waals surface area (Å²) in [6.45, 7) is 2.05. The molecule has 4 heteroatoms. The number of anilines is 1. The van der Waals surface area contributed by atoms with E-state index in [2.05, 4.69) is 17.2 Å². The Morgan fingerprint density at radius 2 is 2.33 bits per heavy atom. The fraction of sp³-hybridized carbons (Fsp3) is 0.364. The van der Waals surface area contributed by atoms with Crippen LogP contribution in [0.25, 0.3) is 0 Å². The summed E-state index contributed by atoms with van der Waals surface area (Å²) in [6.07, 6.45) is 3.66. The van der Waals surface area contributed by atoms with Crippen molar-refractivity contribution in [3.8, 4) is 0 Å². The molecule has 0 aromatic carbocycles. The molecule has 0 saturated heterocycles. The van der Waals surface area contributed by atoms with E-state index >= 15 is 0 Å². The molecular weight excluding hydrogens is 208 g/mol. The van der Waals surface area contributed by atoms with Gasteiger partial charge in [-0.1, -0.05) is 0 Å². The molecule has 0 fully saturated rings. The second-order valence-electron chi connectivity index (χ2n) is 3.36. The summed E-state index contributed by atoms with van der Waals surface area (Å²) in [7, 11) is 1.90. The van der Waals surface area contributed by atoms with Gasteiger partial charge >= 0.3 is 0 Å². The number of aromatic nitrogens is 1. The molecule has 2 aromatic heterocycles. The van der Waals surface area contributed by atoms with Crippen molar-refractivity contribution in [2.75, 3.05) is 12.4 Å². The maximum absolute atomic E-state index is 5.30. The quantitative estimate of drug-likeness (QED) is 0.864. The number of hydrogen-bond donors (Lipinski definition) is 1. The van der Waals surface area contributed by atoms with Crippen LogP contribution in [-0.2, 0) is 12.8 Å². The van der Waals surface area contributed by atoms with E-state index in [1.54, 1.807) is 17.6 Å². The molecule has 1 N–H and O–H groups in total. The lowest BCUT2D eigenvalue weighted by molar-refractivity contribution is 0.509. The number of aryl methyl sites for hydroxylation is 3. The first-order chi connectivity index (χ1) is 7.29. The zero-order valence-electron chi connectivity index (χ0n) is 8.91. The number of thiazole rings is 1. The third kappa shape index (κ3) is 2.39. The van der Waals surface area contributed by atoms with Crippen LogP contribution in [0.15, 0.2) is 22.8 Å². The smallest absolute Gasteiger partial charge is 0.182 e. The average Bonchev–Trinajstić information content (AvgIpc) is 2.84. The fourth-order valence-corrected chi connectivity index (χ4v) is 2.37. The monoisotopic (exact) mass is 222 g/mol. The SMILES string of the molecule is CNc1nc(C)c(CCc2ccco2)s1. The normalized spacial score (nSPS) is 10.5. The maximum atomic E-state index is 5.30. The van der Waals surface area contributed by atoms with E-state index in [1.807, 2.05) is 19.2 Å². The van der Waals surface area contributed by atoms with Gasteiger partial charge in [0.05, 0.1) is 12.0 Å². The summed E-state index contributed by atoms with van der Waals surface area (Å²) in [5, 5.41) is 4.05. The van der Waals surface area contributed by atoms with Gasteiger partial charge < -0.3 is 9.73 Å². The standard InChI is InChI=1S/C11H14N2OS/c1-8-10(15-11(12-2)13-8)6-5-9-4-3-7-14-9/h3-4,7H,5-6H2,1-2H3,(H,12,13). The number of rotatable bonds is 4. The van der Waals surface area contributed by atoms with Crippen molar-refractivity contribution in [2.45, 2.75) is 19.8 Å². The van der Waals surface area contributed by atoms with E-state index in [9.17, 15) is 0 Å². The van der Waals surface area contributed by atoms with E-state index in [-0.39, 0.29) is 0 Å². The van der Waals surface area contributed by atoms with Crippen LogP contribution in [0.1, 0.15) is 16.3 Å². The Morgan fingerprint density at radius 1 is 1.47 bits per heavy atom. The summed E-state index contributed by atoms with van der Waals surface area (Å²) in [5.41, 5.74) is 1.12. The lowest BCUT2D eigenvalue weighted by Crippen LogP contribution is -1.88. The van der Waals surface area contributed by atoms with Gasteiger partial charge in [-0.2, -0.15) is 0 Å². The van der Waals surface area contributed by atoms with Gasteiger partial charge in [0.1, 0.15) is 5.76 Å². The molecule has 2 aromatic rings. The Morgan fingerprint density at radius 3 is 2.93 bits per heavy atom. The first-order valence-corrected chi connectivity index (χ1v) is 5.77. The third-order valence-electron chi connectivity index (χ3n) is 2.29. The molecule has 0 saturated carbocycles. The van der Waals surface area contributed by atoms with Gasteiger partial charge in [0.25, 0.3) is 0 Å². The van der Waals surface area contributed by atoms with Gasteiger partial charge in [0.15, 0.2) is 5.13 Å². The lowest BCUT2D eigenvalue weighted by atomic mass is 10.2. The molecule has 0 spiro atoms. The van der Waals surface area contributed by atoms with E-state index < -0.39 is 0 Å². The summed E-state index contributed by atoms with van der Waals surface area (Å²) < 4.78 is 5.30. The lowest BCUT2D eigenvalue weighted by Gasteiger charge is -1.95. The van der Waals surface area contributed by atoms with Gasteiger partial charge in [-0.15, -0.1) is 11.3 Å². The van der Waals surface area contributed by atoms with Crippen LogP contribution in [0, 0.1) is 6.92 Å². The van der Waals surface area contributed by atoms with Gasteiger partial charge in [0, 0.05) is 18.3 Å². The first kappa shape index (κ1) is 10.2. The number of nitrogens with one attached hydrogen (secondary N) is 1. The van der Waals surface area contributed by atoms with Crippen molar-refractivity contribution in [3.05, 3.63) is 34.7 Å². The predicted molar refractivity (Wildman–Crippen MR) is 62.5 cm³/mol. The molecule has 0 aliphatic rings. The Bertz CT molecular complexity index is 420. The van der Waals surface area contributed by atoms with Crippen LogP contribution in [0.5, 0.6) is 0 Å². The first-order valence-electron chi connectivity index (χ1n) is 4.96. The van der Waals surface area contributed by atoms with E-state index in [0.717, 1.165) is 29.4 Å². The molecule has 0 aliphatic heterocycles. The minimum absolute atomic E-state index is 0.944. The minimum Gasteiger partial charge on any atom is -0.469 e. The molecule has 0 bridgehead atoms. The van der Waals surface area contributed by atoms with Crippen molar-refractivity contribution < 1.29 is 4.42 Å². The number of furan rings is 1. The largest absolute Gasteiger partial charge is 0.469 e. The summed E-state index contributed by atoms with van der Waals surface area (Å²) in [4.78, 5) is 5.74. The summed E-state index contributed by atoms with van der Waals surface area (Å²) in [5.74, 6) is 1.04. The Hall–Kier alpha value is -1.29. The van der Waals surface area contributed by atoms with Gasteiger partial charge in [-0.3, -0.25) is 0 Å². The predicted octanol–water partition coefficient (Wildman–Crippen LogP) is 2.87. The van der Waals surface area contributed by atoms with Crippen LogP contribution in [0.4, 0.5) is 5.13 Å². The summed E-state index contributed by atoms with van der Waals surface area (Å²) >= 11 is 1.72. The zero-order valence-corrected chi connectivity index (χ0v) is 9.73. The van der Waals surface area contributed by atoms with Crippen LogP contribution >= 0.6 is 11.3 Å². The molecule has 2 heterocycles. The second-order valence-corrected chi connectivity index (χ2v) is 4.44. The number of nitrogens with zero attached hydrogens (tertiary/aromatic N) is 1. The van der Waals surface area contributed by atoms with Gasteiger partial charge in [-0.25, -0.2) is 4.98 Å². The topological polar surface area (TPSA) is 38.1 Å². The molecule has 3 nitrogen and oxygen atoms in total. The molecule has 0 amide bonds. The van der Waals surface area contributed by atoms with Crippen molar-refractivity contribution in [2.24, 2.45) is 0 Å². The van der Waals surface area contributed by atoms with Crippen molar-refractivity contribution in [1.82, 2.24) is 4.98 Å².